The predicted octanol–water partition coefficient (Wildman–Crippen LogP) is 8.73. The van der Waals surface area contributed by atoms with Crippen LogP contribution in [0.1, 0.15) is 113 Å². The minimum atomic E-state index is -1.77. The van der Waals surface area contributed by atoms with Gasteiger partial charge in [-0.1, -0.05) is 64.5 Å². The van der Waals surface area contributed by atoms with Gasteiger partial charge >= 0.3 is 0 Å². The molecule has 0 aromatic carbocycles. The molecule has 1 unspecified atom stereocenters. The van der Waals surface area contributed by atoms with Crippen molar-refractivity contribution in [3.05, 3.63) is 35.5 Å². The molecule has 212 valence electrons. The first-order valence-corrected chi connectivity index (χ1v) is 18.0. The van der Waals surface area contributed by atoms with E-state index in [2.05, 4.69) is 66.4 Å². The van der Waals surface area contributed by atoms with E-state index in [4.69, 9.17) is 4.43 Å². The van der Waals surface area contributed by atoms with E-state index >= 15 is 0 Å². The SMILES string of the molecule is C=C1CC[C@H](O[Si](C)(C)C(C)(C)C)C/C1=C/C=C1CCC[C@@]2(C)C1CC[C@@H]2[C@H](C)CC[C@@H](O)C(C)(C)O. The highest BCUT2D eigenvalue weighted by atomic mass is 28.4. The zero-order valence-electron chi connectivity index (χ0n) is 25.6. The number of rotatable bonds is 8. The quantitative estimate of drug-likeness (QED) is 0.308. The molecule has 3 aliphatic carbocycles. The van der Waals surface area contributed by atoms with Crippen LogP contribution in [0.5, 0.6) is 0 Å². The number of hydrogen-bond acceptors (Lipinski definition) is 3. The molecule has 0 heterocycles. The van der Waals surface area contributed by atoms with Crippen LogP contribution in [0.4, 0.5) is 0 Å². The molecule has 0 bridgehead atoms. The summed E-state index contributed by atoms with van der Waals surface area (Å²) in [6.45, 7) is 24.5. The van der Waals surface area contributed by atoms with Gasteiger partial charge < -0.3 is 14.6 Å². The van der Waals surface area contributed by atoms with E-state index in [1.807, 2.05) is 0 Å². The Labute approximate surface area is 230 Å². The van der Waals surface area contributed by atoms with Crippen molar-refractivity contribution in [1.82, 2.24) is 0 Å². The number of aliphatic hydroxyl groups excluding tert-OH is 1. The van der Waals surface area contributed by atoms with Gasteiger partial charge in [-0.3, -0.25) is 0 Å². The second-order valence-corrected chi connectivity index (χ2v) is 19.9. The molecule has 3 saturated carbocycles. The van der Waals surface area contributed by atoms with Crippen LogP contribution in [-0.4, -0.2) is 36.3 Å². The van der Waals surface area contributed by atoms with E-state index in [-0.39, 0.29) is 5.04 Å². The van der Waals surface area contributed by atoms with Crippen molar-refractivity contribution >= 4 is 8.32 Å². The molecule has 4 heteroatoms. The van der Waals surface area contributed by atoms with Gasteiger partial charge in [0.15, 0.2) is 8.32 Å². The van der Waals surface area contributed by atoms with Crippen LogP contribution in [0.2, 0.25) is 18.1 Å². The standard InChI is InChI=1S/C33H58O3Si/c1-23-13-17-27(36-37(9,10)31(3,4)5)22-26(23)16-15-25-12-11-21-33(8)28(18-19-29(25)33)24(2)14-20-30(34)32(6,7)35/h15-16,24,27-30,34-35H,1,11-14,17-22H2,2-10H3/b25-15?,26-16-/t24-,27+,28-,29?,30-,33-/m1/s1. The molecule has 0 spiro atoms. The minimum absolute atomic E-state index is 0.238. The summed E-state index contributed by atoms with van der Waals surface area (Å²) in [5.74, 6) is 1.92. The third-order valence-electron chi connectivity index (χ3n) is 10.9. The van der Waals surface area contributed by atoms with Gasteiger partial charge in [0.25, 0.3) is 0 Å². The average Bonchev–Trinajstić information content (AvgIpc) is 3.13. The number of hydrogen-bond donors (Lipinski definition) is 2. The monoisotopic (exact) mass is 530 g/mol. The summed E-state index contributed by atoms with van der Waals surface area (Å²) in [7, 11) is -1.77. The van der Waals surface area contributed by atoms with E-state index in [0.717, 1.165) is 25.7 Å². The van der Waals surface area contributed by atoms with Crippen LogP contribution in [0, 0.1) is 23.2 Å². The summed E-state index contributed by atoms with van der Waals surface area (Å²) in [6, 6.07) is 0. The summed E-state index contributed by atoms with van der Waals surface area (Å²) in [4.78, 5) is 0. The van der Waals surface area contributed by atoms with Crippen LogP contribution in [-0.2, 0) is 4.43 Å². The maximum Gasteiger partial charge on any atom is 0.192 e. The van der Waals surface area contributed by atoms with Crippen molar-refractivity contribution in [2.75, 3.05) is 0 Å². The molecule has 0 aromatic heterocycles. The zero-order chi connectivity index (χ0) is 27.8. The summed E-state index contributed by atoms with van der Waals surface area (Å²) in [5, 5.41) is 20.8. The summed E-state index contributed by atoms with van der Waals surface area (Å²) >= 11 is 0. The lowest BCUT2D eigenvalue weighted by Gasteiger charge is -2.44. The molecule has 3 aliphatic rings. The molecule has 3 fully saturated rings. The summed E-state index contributed by atoms with van der Waals surface area (Å²) in [5.41, 5.74) is 3.67. The van der Waals surface area contributed by atoms with Crippen LogP contribution in [0.25, 0.3) is 0 Å². The van der Waals surface area contributed by atoms with E-state index < -0.39 is 20.0 Å². The fraction of sp³-hybridized carbons (Fsp3) is 0.818. The van der Waals surface area contributed by atoms with E-state index in [1.165, 1.54) is 43.3 Å². The first kappa shape index (κ1) is 30.9. The fourth-order valence-electron chi connectivity index (χ4n) is 7.26. The number of fused-ring (bicyclic) bond motifs is 1. The molecule has 37 heavy (non-hydrogen) atoms. The highest BCUT2D eigenvalue weighted by Gasteiger charge is 2.50. The molecule has 0 saturated heterocycles. The molecule has 3 rings (SSSR count). The molecule has 6 atom stereocenters. The minimum Gasteiger partial charge on any atom is -0.414 e. The van der Waals surface area contributed by atoms with Gasteiger partial charge in [-0.15, -0.1) is 0 Å². The molecule has 0 amide bonds. The van der Waals surface area contributed by atoms with Crippen molar-refractivity contribution in [2.24, 2.45) is 23.2 Å². The van der Waals surface area contributed by atoms with Crippen molar-refractivity contribution in [3.63, 3.8) is 0 Å². The Bertz CT molecular complexity index is 871. The molecule has 2 N–H and O–H groups in total. The Morgan fingerprint density at radius 2 is 1.76 bits per heavy atom. The van der Waals surface area contributed by atoms with Crippen LogP contribution in [0.15, 0.2) is 35.5 Å². The van der Waals surface area contributed by atoms with Gasteiger partial charge in [0, 0.05) is 6.10 Å². The Balaban J connectivity index is 1.70. The first-order valence-electron chi connectivity index (χ1n) is 15.1. The number of aliphatic hydroxyl groups is 2. The molecule has 3 nitrogen and oxygen atoms in total. The summed E-state index contributed by atoms with van der Waals surface area (Å²) < 4.78 is 6.80. The van der Waals surface area contributed by atoms with Gasteiger partial charge in [-0.25, -0.2) is 0 Å². The van der Waals surface area contributed by atoms with Gasteiger partial charge in [0.1, 0.15) is 0 Å². The molecular formula is C33H58O3Si. The third kappa shape index (κ3) is 7.10. The van der Waals surface area contributed by atoms with Gasteiger partial charge in [-0.05, 0) is 125 Å². The molecule has 0 aliphatic heterocycles. The largest absolute Gasteiger partial charge is 0.414 e. The van der Waals surface area contributed by atoms with E-state index in [1.54, 1.807) is 19.4 Å². The highest BCUT2D eigenvalue weighted by molar-refractivity contribution is 6.74. The average molecular weight is 531 g/mol. The fourth-order valence-corrected chi connectivity index (χ4v) is 8.65. The highest BCUT2D eigenvalue weighted by Crippen LogP contribution is 2.60. The van der Waals surface area contributed by atoms with E-state index in [9.17, 15) is 10.2 Å². The Morgan fingerprint density at radius 3 is 2.38 bits per heavy atom. The first-order chi connectivity index (χ1) is 17.0. The Hall–Kier alpha value is -0.683. The lowest BCUT2D eigenvalue weighted by Crippen LogP contribution is -2.44. The lowest BCUT2D eigenvalue weighted by molar-refractivity contribution is -0.0554. The Kier molecular flexibility index (Phi) is 9.53. The molecular weight excluding hydrogens is 472 g/mol. The van der Waals surface area contributed by atoms with Gasteiger partial charge in [-0.2, -0.15) is 0 Å². The van der Waals surface area contributed by atoms with Crippen molar-refractivity contribution in [3.8, 4) is 0 Å². The van der Waals surface area contributed by atoms with Crippen molar-refractivity contribution < 1.29 is 14.6 Å². The maximum atomic E-state index is 10.4. The topological polar surface area (TPSA) is 49.7 Å². The van der Waals surface area contributed by atoms with E-state index in [0.29, 0.717) is 35.7 Å². The van der Waals surface area contributed by atoms with Crippen LogP contribution in [0.3, 0.4) is 0 Å². The van der Waals surface area contributed by atoms with Gasteiger partial charge in [0.2, 0.25) is 0 Å². The third-order valence-corrected chi connectivity index (χ3v) is 15.4. The molecule has 0 aromatic rings. The second-order valence-electron chi connectivity index (χ2n) is 15.1. The number of allylic oxidation sites excluding steroid dienone is 4. The van der Waals surface area contributed by atoms with Crippen molar-refractivity contribution in [2.45, 2.75) is 149 Å². The van der Waals surface area contributed by atoms with Gasteiger partial charge in [0.05, 0.1) is 11.7 Å². The van der Waals surface area contributed by atoms with Crippen LogP contribution >= 0.6 is 0 Å². The van der Waals surface area contributed by atoms with Crippen molar-refractivity contribution in [1.29, 1.82) is 0 Å². The molecule has 0 radical (unpaired) electrons. The Morgan fingerprint density at radius 1 is 1.08 bits per heavy atom. The smallest absolute Gasteiger partial charge is 0.192 e. The van der Waals surface area contributed by atoms with Crippen LogP contribution < -0.4 is 0 Å². The normalized spacial score (nSPS) is 33.6. The second kappa shape index (κ2) is 11.4. The predicted molar refractivity (Wildman–Crippen MR) is 160 cm³/mol. The zero-order valence-corrected chi connectivity index (χ0v) is 26.6. The maximum absolute atomic E-state index is 10.4. The summed E-state index contributed by atoms with van der Waals surface area (Å²) in [6.07, 6.45) is 15.7. The lowest BCUT2D eigenvalue weighted by atomic mass is 9.60.